The zero-order valence-corrected chi connectivity index (χ0v) is 10.3. The molecule has 1 atom stereocenters. The van der Waals surface area contributed by atoms with Crippen LogP contribution in [0, 0.1) is 12.7 Å². The van der Waals surface area contributed by atoms with Gasteiger partial charge in [0.2, 0.25) is 0 Å². The van der Waals surface area contributed by atoms with E-state index in [9.17, 15) is 8.60 Å². The lowest BCUT2D eigenvalue weighted by atomic mass is 10.2. The summed E-state index contributed by atoms with van der Waals surface area (Å²) < 4.78 is 24.7. The minimum absolute atomic E-state index is 0.269. The molecule has 0 N–H and O–H groups in total. The van der Waals surface area contributed by atoms with Crippen molar-refractivity contribution in [2.75, 3.05) is 0 Å². The lowest BCUT2D eigenvalue weighted by molar-refractivity contribution is 0.627. The van der Waals surface area contributed by atoms with E-state index in [1.165, 1.54) is 12.1 Å². The molecule has 0 amide bonds. The molecule has 3 heteroatoms. The molecule has 0 aliphatic rings. The zero-order chi connectivity index (χ0) is 12.3. The number of aryl methyl sites for hydroxylation is 1. The molecule has 0 radical (unpaired) electrons. The Hall–Kier alpha value is -1.48. The molecule has 0 aliphatic carbocycles. The fraction of sp³-hybridized carbons (Fsp3) is 0.143. The molecule has 2 aromatic rings. The van der Waals surface area contributed by atoms with E-state index in [-0.39, 0.29) is 5.82 Å². The third kappa shape index (κ3) is 3.24. The summed E-state index contributed by atoms with van der Waals surface area (Å²) in [5.41, 5.74) is 2.03. The van der Waals surface area contributed by atoms with Crippen LogP contribution in [-0.4, -0.2) is 4.21 Å². The highest BCUT2D eigenvalue weighted by Crippen LogP contribution is 2.13. The molecule has 88 valence electrons. The second-order valence-electron chi connectivity index (χ2n) is 3.93. The van der Waals surface area contributed by atoms with Crippen molar-refractivity contribution in [3.8, 4) is 0 Å². The Morgan fingerprint density at radius 2 is 1.59 bits per heavy atom. The molecule has 0 aromatic heterocycles. The van der Waals surface area contributed by atoms with Gasteiger partial charge in [-0.25, -0.2) is 4.39 Å². The largest absolute Gasteiger partial charge is 0.254 e. The Balaban J connectivity index is 2.11. The van der Waals surface area contributed by atoms with E-state index < -0.39 is 10.8 Å². The summed E-state index contributed by atoms with van der Waals surface area (Å²) in [5.74, 6) is 0.151. The van der Waals surface area contributed by atoms with Crippen molar-refractivity contribution in [3.05, 3.63) is 65.5 Å². The summed E-state index contributed by atoms with van der Waals surface area (Å²) in [6, 6.07) is 13.7. The molecule has 2 aromatic carbocycles. The molecule has 0 saturated heterocycles. The Morgan fingerprint density at radius 3 is 2.18 bits per heavy atom. The lowest BCUT2D eigenvalue weighted by Gasteiger charge is -2.03. The van der Waals surface area contributed by atoms with Gasteiger partial charge in [0, 0.05) is 4.90 Å². The molecule has 17 heavy (non-hydrogen) atoms. The molecular weight excluding hydrogens is 235 g/mol. The van der Waals surface area contributed by atoms with Gasteiger partial charge in [-0.3, -0.25) is 4.21 Å². The normalized spacial score (nSPS) is 12.4. The smallest absolute Gasteiger partial charge is 0.123 e. The average molecular weight is 248 g/mol. The Morgan fingerprint density at radius 1 is 1.00 bits per heavy atom. The first-order valence-electron chi connectivity index (χ1n) is 5.34. The molecule has 2 rings (SSSR count). The minimum Gasteiger partial charge on any atom is -0.254 e. The van der Waals surface area contributed by atoms with Gasteiger partial charge in [0.25, 0.3) is 0 Å². The van der Waals surface area contributed by atoms with Gasteiger partial charge < -0.3 is 0 Å². The van der Waals surface area contributed by atoms with Crippen LogP contribution in [-0.2, 0) is 16.6 Å². The number of hydrogen-bond acceptors (Lipinski definition) is 1. The van der Waals surface area contributed by atoms with Gasteiger partial charge in [0.1, 0.15) is 5.82 Å². The summed E-state index contributed by atoms with van der Waals surface area (Å²) in [4.78, 5) is 0.805. The van der Waals surface area contributed by atoms with Crippen molar-refractivity contribution in [1.82, 2.24) is 0 Å². The third-order valence-electron chi connectivity index (χ3n) is 2.49. The highest BCUT2D eigenvalue weighted by atomic mass is 32.2. The molecular formula is C14H13FOS. The molecule has 0 fully saturated rings. The summed E-state index contributed by atoms with van der Waals surface area (Å²) in [7, 11) is -1.07. The predicted octanol–water partition coefficient (Wildman–Crippen LogP) is 3.44. The van der Waals surface area contributed by atoms with Crippen LogP contribution in [0.25, 0.3) is 0 Å². The van der Waals surface area contributed by atoms with Crippen LogP contribution in [0.5, 0.6) is 0 Å². The molecule has 0 heterocycles. The number of hydrogen-bond donors (Lipinski definition) is 0. The SMILES string of the molecule is Cc1ccc([S@](=O)Cc2ccc(F)cc2)cc1. The molecule has 0 unspecified atom stereocenters. The van der Waals surface area contributed by atoms with Gasteiger partial charge >= 0.3 is 0 Å². The Bertz CT molecular complexity index is 517. The molecule has 0 spiro atoms. The second kappa shape index (κ2) is 5.23. The predicted molar refractivity (Wildman–Crippen MR) is 67.7 cm³/mol. The van der Waals surface area contributed by atoms with Gasteiger partial charge in [-0.15, -0.1) is 0 Å². The number of benzene rings is 2. The Labute approximate surface area is 103 Å². The average Bonchev–Trinajstić information content (AvgIpc) is 2.33. The molecule has 0 bridgehead atoms. The highest BCUT2D eigenvalue weighted by Gasteiger charge is 2.04. The van der Waals surface area contributed by atoms with E-state index in [2.05, 4.69) is 0 Å². The van der Waals surface area contributed by atoms with Crippen LogP contribution in [0.4, 0.5) is 4.39 Å². The number of halogens is 1. The van der Waals surface area contributed by atoms with Crippen LogP contribution < -0.4 is 0 Å². The quantitative estimate of drug-likeness (QED) is 0.813. The molecule has 0 aliphatic heterocycles. The lowest BCUT2D eigenvalue weighted by Crippen LogP contribution is -1.96. The number of rotatable bonds is 3. The fourth-order valence-corrected chi connectivity index (χ4v) is 2.61. The minimum atomic E-state index is -1.07. The van der Waals surface area contributed by atoms with Crippen LogP contribution in [0.1, 0.15) is 11.1 Å². The Kier molecular flexibility index (Phi) is 3.69. The summed E-state index contributed by atoms with van der Waals surface area (Å²) in [6.07, 6.45) is 0. The third-order valence-corrected chi connectivity index (χ3v) is 3.89. The van der Waals surface area contributed by atoms with E-state index in [4.69, 9.17) is 0 Å². The van der Waals surface area contributed by atoms with Gasteiger partial charge in [0.05, 0.1) is 16.6 Å². The summed E-state index contributed by atoms with van der Waals surface area (Å²) in [5, 5.41) is 0. The van der Waals surface area contributed by atoms with Crippen LogP contribution >= 0.6 is 0 Å². The second-order valence-corrected chi connectivity index (χ2v) is 5.38. The first kappa shape index (κ1) is 12.0. The van der Waals surface area contributed by atoms with E-state index in [0.717, 1.165) is 16.0 Å². The van der Waals surface area contributed by atoms with Crippen molar-refractivity contribution in [1.29, 1.82) is 0 Å². The van der Waals surface area contributed by atoms with Crippen molar-refractivity contribution in [2.45, 2.75) is 17.6 Å². The maximum absolute atomic E-state index is 12.7. The van der Waals surface area contributed by atoms with Crippen LogP contribution in [0.2, 0.25) is 0 Å². The summed E-state index contributed by atoms with van der Waals surface area (Å²) in [6.45, 7) is 1.99. The van der Waals surface area contributed by atoms with Crippen molar-refractivity contribution >= 4 is 10.8 Å². The first-order chi connectivity index (χ1) is 8.15. The van der Waals surface area contributed by atoms with Gasteiger partial charge in [-0.05, 0) is 36.8 Å². The van der Waals surface area contributed by atoms with Gasteiger partial charge in [0.15, 0.2) is 0 Å². The topological polar surface area (TPSA) is 17.1 Å². The first-order valence-corrected chi connectivity index (χ1v) is 6.66. The van der Waals surface area contributed by atoms with E-state index >= 15 is 0 Å². The monoisotopic (exact) mass is 248 g/mol. The van der Waals surface area contributed by atoms with Crippen molar-refractivity contribution in [3.63, 3.8) is 0 Å². The van der Waals surface area contributed by atoms with Crippen molar-refractivity contribution < 1.29 is 8.60 Å². The van der Waals surface area contributed by atoms with E-state index in [0.29, 0.717) is 5.75 Å². The van der Waals surface area contributed by atoms with Crippen LogP contribution in [0.3, 0.4) is 0 Å². The molecule has 0 saturated carbocycles. The summed E-state index contributed by atoms with van der Waals surface area (Å²) >= 11 is 0. The van der Waals surface area contributed by atoms with Gasteiger partial charge in [-0.1, -0.05) is 29.8 Å². The maximum Gasteiger partial charge on any atom is 0.123 e. The van der Waals surface area contributed by atoms with Crippen LogP contribution in [0.15, 0.2) is 53.4 Å². The van der Waals surface area contributed by atoms with E-state index in [1.54, 1.807) is 12.1 Å². The van der Waals surface area contributed by atoms with Crippen molar-refractivity contribution in [2.24, 2.45) is 0 Å². The highest BCUT2D eigenvalue weighted by molar-refractivity contribution is 7.84. The fourth-order valence-electron chi connectivity index (χ4n) is 1.51. The van der Waals surface area contributed by atoms with E-state index in [1.807, 2.05) is 31.2 Å². The zero-order valence-electron chi connectivity index (χ0n) is 9.52. The maximum atomic E-state index is 12.7. The standard InChI is InChI=1S/C14H13FOS/c1-11-2-8-14(9-3-11)17(16)10-12-4-6-13(15)7-5-12/h2-9H,10H2,1H3/t17-/m1/s1. The van der Waals surface area contributed by atoms with Gasteiger partial charge in [-0.2, -0.15) is 0 Å². The molecule has 1 nitrogen and oxygen atoms in total.